The zero-order valence-electron chi connectivity index (χ0n) is 14.4. The van der Waals surface area contributed by atoms with Gasteiger partial charge in [0, 0.05) is 0 Å². The van der Waals surface area contributed by atoms with Crippen molar-refractivity contribution in [2.24, 2.45) is 16.2 Å². The number of alkyl halides is 9. The summed E-state index contributed by atoms with van der Waals surface area (Å²) in [5, 5.41) is 0. The standard InChI is InChI=1S/C13H19F9O3S.K/c14-1-10(2-15,3-16)11(4-17,5-18)12(6-19,7-20)13(8-21,9-22)26(23,24)25;/h1-9H2,(H,23,24,25);/q;+1/p-1. The van der Waals surface area contributed by atoms with Crippen LogP contribution in [0.4, 0.5) is 39.5 Å². The molecule has 0 atom stereocenters. The zero-order valence-corrected chi connectivity index (χ0v) is 18.3. The van der Waals surface area contributed by atoms with Crippen LogP contribution >= 0.6 is 0 Å². The van der Waals surface area contributed by atoms with E-state index in [1.807, 2.05) is 0 Å². The number of hydrogen-bond donors (Lipinski definition) is 0. The fourth-order valence-corrected chi connectivity index (χ4v) is 4.26. The number of rotatable bonds is 13. The zero-order chi connectivity index (χ0) is 20.9. The molecule has 27 heavy (non-hydrogen) atoms. The second-order valence-corrected chi connectivity index (χ2v) is 7.79. The molecule has 0 heterocycles. The molecule has 0 aliphatic heterocycles. The third kappa shape index (κ3) is 4.09. The van der Waals surface area contributed by atoms with Gasteiger partial charge in [-0.2, -0.15) is 0 Å². The quantitative estimate of drug-likeness (QED) is 0.218. The van der Waals surface area contributed by atoms with Gasteiger partial charge in [-0.25, -0.2) is 17.2 Å². The van der Waals surface area contributed by atoms with Gasteiger partial charge in [0.15, 0.2) is 0 Å². The van der Waals surface area contributed by atoms with Crippen molar-refractivity contribution in [1.82, 2.24) is 0 Å². The summed E-state index contributed by atoms with van der Waals surface area (Å²) in [6.45, 7) is -22.4. The fraction of sp³-hybridized carbons (Fsp3) is 1.00. The third-order valence-corrected chi connectivity index (χ3v) is 6.96. The van der Waals surface area contributed by atoms with Gasteiger partial charge >= 0.3 is 51.4 Å². The van der Waals surface area contributed by atoms with E-state index in [1.54, 1.807) is 0 Å². The molecule has 0 rings (SSSR count). The molecule has 158 valence electrons. The second-order valence-electron chi connectivity index (χ2n) is 6.10. The predicted molar refractivity (Wildman–Crippen MR) is 73.5 cm³/mol. The largest absolute Gasteiger partial charge is 1.00 e. The first-order valence-corrected chi connectivity index (χ1v) is 8.45. The van der Waals surface area contributed by atoms with E-state index in [0.29, 0.717) is 0 Å². The van der Waals surface area contributed by atoms with E-state index in [4.69, 9.17) is 0 Å². The Balaban J connectivity index is 0. The molecule has 3 nitrogen and oxygen atoms in total. The molecule has 0 saturated carbocycles. The average Bonchev–Trinajstić information content (AvgIpc) is 2.64. The van der Waals surface area contributed by atoms with Crippen LogP contribution in [0.1, 0.15) is 0 Å². The molecule has 0 saturated heterocycles. The van der Waals surface area contributed by atoms with E-state index in [9.17, 15) is 52.5 Å². The fourth-order valence-electron chi connectivity index (χ4n) is 3.21. The van der Waals surface area contributed by atoms with Crippen LogP contribution in [-0.4, -0.2) is 77.8 Å². The van der Waals surface area contributed by atoms with Crippen LogP contribution in [-0.2, 0) is 10.1 Å². The summed E-state index contributed by atoms with van der Waals surface area (Å²) in [7, 11) is -6.38. The Morgan fingerprint density at radius 2 is 0.852 bits per heavy atom. The van der Waals surface area contributed by atoms with E-state index in [-0.39, 0.29) is 51.4 Å². The van der Waals surface area contributed by atoms with Crippen LogP contribution in [0.5, 0.6) is 0 Å². The Morgan fingerprint density at radius 1 is 0.556 bits per heavy atom. The van der Waals surface area contributed by atoms with Crippen molar-refractivity contribution < 1.29 is 104 Å². The summed E-state index contributed by atoms with van der Waals surface area (Å²) < 4.78 is 153. The second kappa shape index (κ2) is 11.3. The Kier molecular flexibility index (Phi) is 12.7. The molecular formula is C13H18F9KO3S. The van der Waals surface area contributed by atoms with Crippen molar-refractivity contribution in [2.75, 3.05) is 60.1 Å². The van der Waals surface area contributed by atoms with Gasteiger partial charge in [-0.05, 0) is 0 Å². The minimum absolute atomic E-state index is 0. The normalized spacial score (nSPS) is 14.1. The first kappa shape index (κ1) is 30.1. The minimum atomic E-state index is -6.38. The summed E-state index contributed by atoms with van der Waals surface area (Å²) in [4.78, 5) is 0. The molecule has 0 spiro atoms. The smallest absolute Gasteiger partial charge is 0.747 e. The predicted octanol–water partition coefficient (Wildman–Crippen LogP) is -0.0409. The molecule has 0 aliphatic rings. The molecule has 0 aromatic heterocycles. The molecule has 0 aromatic rings. The molecular weight excluding hydrogens is 446 g/mol. The molecule has 0 aliphatic carbocycles. The molecule has 14 heteroatoms. The molecule has 0 radical (unpaired) electrons. The van der Waals surface area contributed by atoms with Gasteiger partial charge in [0.25, 0.3) is 0 Å². The SMILES string of the molecule is O=S(=O)([O-])C(CF)(CF)C(CF)(CF)C(CF)(CF)C(CF)(CF)CF.[K+]. The summed E-state index contributed by atoms with van der Waals surface area (Å²) >= 11 is 0. The van der Waals surface area contributed by atoms with Crippen LogP contribution in [0.15, 0.2) is 0 Å². The van der Waals surface area contributed by atoms with Crippen LogP contribution < -0.4 is 51.4 Å². The maximum absolute atomic E-state index is 13.8. The van der Waals surface area contributed by atoms with Gasteiger partial charge in [0.2, 0.25) is 0 Å². The van der Waals surface area contributed by atoms with E-state index in [1.165, 1.54) is 0 Å². The molecule has 0 fully saturated rings. The number of hydrogen-bond acceptors (Lipinski definition) is 3. The summed E-state index contributed by atoms with van der Waals surface area (Å²) in [5.41, 5.74) is -11.5. The Morgan fingerprint density at radius 3 is 1.00 bits per heavy atom. The van der Waals surface area contributed by atoms with Gasteiger partial charge < -0.3 is 4.55 Å². The van der Waals surface area contributed by atoms with Crippen molar-refractivity contribution in [3.05, 3.63) is 0 Å². The summed E-state index contributed by atoms with van der Waals surface area (Å²) in [6.07, 6.45) is 0. The average molecular weight is 464 g/mol. The molecule has 0 amide bonds. The first-order chi connectivity index (χ1) is 12.0. The summed E-state index contributed by atoms with van der Waals surface area (Å²) in [5.74, 6) is 0. The van der Waals surface area contributed by atoms with E-state index in [0.717, 1.165) is 0 Å². The van der Waals surface area contributed by atoms with Gasteiger partial charge in [0.1, 0.15) is 48.2 Å². The van der Waals surface area contributed by atoms with Gasteiger partial charge in [-0.1, -0.05) is 0 Å². The van der Waals surface area contributed by atoms with Crippen LogP contribution in [0.25, 0.3) is 0 Å². The van der Waals surface area contributed by atoms with E-state index < -0.39 is 91.2 Å². The van der Waals surface area contributed by atoms with Crippen molar-refractivity contribution >= 4 is 10.1 Å². The van der Waals surface area contributed by atoms with E-state index in [2.05, 4.69) is 0 Å². The Labute approximate surface area is 193 Å². The monoisotopic (exact) mass is 464 g/mol. The van der Waals surface area contributed by atoms with Crippen molar-refractivity contribution in [3.8, 4) is 0 Å². The van der Waals surface area contributed by atoms with Crippen molar-refractivity contribution in [3.63, 3.8) is 0 Å². The van der Waals surface area contributed by atoms with Gasteiger partial charge in [-0.15, -0.1) is 0 Å². The van der Waals surface area contributed by atoms with Crippen molar-refractivity contribution in [2.45, 2.75) is 4.75 Å². The van der Waals surface area contributed by atoms with Crippen LogP contribution in [0.2, 0.25) is 0 Å². The topological polar surface area (TPSA) is 57.2 Å². The molecule has 0 bridgehead atoms. The maximum Gasteiger partial charge on any atom is 1.00 e. The Bertz CT molecular complexity index is 525. The van der Waals surface area contributed by atoms with Gasteiger partial charge in [0.05, 0.1) is 42.9 Å². The molecule has 0 N–H and O–H groups in total. The summed E-state index contributed by atoms with van der Waals surface area (Å²) in [6, 6.07) is 0. The van der Waals surface area contributed by atoms with Crippen LogP contribution in [0, 0.1) is 16.2 Å². The van der Waals surface area contributed by atoms with Crippen molar-refractivity contribution in [1.29, 1.82) is 0 Å². The van der Waals surface area contributed by atoms with E-state index >= 15 is 0 Å². The maximum atomic E-state index is 13.8. The minimum Gasteiger partial charge on any atom is -0.747 e. The number of halogens is 9. The third-order valence-electron chi connectivity index (χ3n) is 5.39. The Hall–Kier alpha value is 0.916. The molecule has 0 unspecified atom stereocenters. The molecule has 0 aromatic carbocycles. The van der Waals surface area contributed by atoms with Gasteiger partial charge in [-0.3, -0.25) is 30.7 Å². The van der Waals surface area contributed by atoms with Crippen LogP contribution in [0.3, 0.4) is 0 Å². The first-order valence-electron chi connectivity index (χ1n) is 7.04.